The minimum atomic E-state index is 0.353. The van der Waals surface area contributed by atoms with Gasteiger partial charge in [-0.1, -0.05) is 11.6 Å². The van der Waals surface area contributed by atoms with Gasteiger partial charge in [0.1, 0.15) is 5.82 Å². The second-order valence-electron chi connectivity index (χ2n) is 4.10. The fourth-order valence-corrected chi connectivity index (χ4v) is 2.22. The van der Waals surface area contributed by atoms with Crippen LogP contribution in [0.5, 0.6) is 0 Å². The average molecular weight is 242 g/mol. The first-order valence-electron chi connectivity index (χ1n) is 5.39. The number of nitrogens with one attached hydrogen (secondary N) is 1. The van der Waals surface area contributed by atoms with Gasteiger partial charge in [-0.25, -0.2) is 4.98 Å². The van der Waals surface area contributed by atoms with Gasteiger partial charge in [0.2, 0.25) is 0 Å². The Balaban J connectivity index is 1.99. The molecule has 1 aromatic rings. The summed E-state index contributed by atoms with van der Waals surface area (Å²) in [6.07, 6.45) is 5.12. The Morgan fingerprint density at radius 1 is 1.56 bits per heavy atom. The number of nitrogen functional groups attached to an aromatic ring is 1. The molecule has 0 bridgehead atoms. The summed E-state index contributed by atoms with van der Waals surface area (Å²) in [5.41, 5.74) is 6.42. The van der Waals surface area contributed by atoms with Crippen molar-refractivity contribution in [3.05, 3.63) is 17.3 Å². The van der Waals surface area contributed by atoms with E-state index < -0.39 is 0 Å². The summed E-state index contributed by atoms with van der Waals surface area (Å²) in [4.78, 5) is 4.18. The zero-order valence-corrected chi connectivity index (χ0v) is 10.00. The van der Waals surface area contributed by atoms with Gasteiger partial charge in [0.05, 0.1) is 16.8 Å². The Bertz CT molecular complexity index is 372. The Kier molecular flexibility index (Phi) is 3.51. The first-order chi connectivity index (χ1) is 7.69. The molecule has 4 nitrogen and oxygen atoms in total. The van der Waals surface area contributed by atoms with Crippen LogP contribution in [-0.2, 0) is 4.74 Å². The van der Waals surface area contributed by atoms with Gasteiger partial charge in [-0.2, -0.15) is 0 Å². The Labute approximate surface area is 100 Å². The van der Waals surface area contributed by atoms with Crippen molar-refractivity contribution in [1.82, 2.24) is 4.98 Å². The number of methoxy groups -OCH3 is 1. The van der Waals surface area contributed by atoms with Crippen molar-refractivity contribution in [2.24, 2.45) is 0 Å². The SMILES string of the molecule is COC1CCC(Nc2ncc(Cl)cc2N)C1. The van der Waals surface area contributed by atoms with E-state index in [2.05, 4.69) is 10.3 Å². The number of rotatable bonds is 3. The molecule has 2 atom stereocenters. The maximum Gasteiger partial charge on any atom is 0.149 e. The van der Waals surface area contributed by atoms with E-state index in [9.17, 15) is 0 Å². The molecule has 0 amide bonds. The van der Waals surface area contributed by atoms with E-state index in [1.165, 1.54) is 0 Å². The molecule has 1 aliphatic carbocycles. The summed E-state index contributed by atoms with van der Waals surface area (Å²) in [5, 5.41) is 3.89. The van der Waals surface area contributed by atoms with E-state index in [1.54, 1.807) is 19.4 Å². The molecule has 2 unspecified atom stereocenters. The first kappa shape index (κ1) is 11.5. The number of halogens is 1. The van der Waals surface area contributed by atoms with Gasteiger partial charge < -0.3 is 15.8 Å². The van der Waals surface area contributed by atoms with Crippen LogP contribution in [0.4, 0.5) is 11.5 Å². The van der Waals surface area contributed by atoms with Crippen LogP contribution in [0, 0.1) is 0 Å². The smallest absolute Gasteiger partial charge is 0.149 e. The molecule has 0 spiro atoms. The number of anilines is 2. The topological polar surface area (TPSA) is 60.2 Å². The highest BCUT2D eigenvalue weighted by Crippen LogP contribution is 2.27. The summed E-state index contributed by atoms with van der Waals surface area (Å²) in [5.74, 6) is 0.714. The third kappa shape index (κ3) is 2.57. The van der Waals surface area contributed by atoms with Gasteiger partial charge in [0, 0.05) is 19.3 Å². The number of aromatic nitrogens is 1. The summed E-state index contributed by atoms with van der Waals surface area (Å²) in [6.45, 7) is 0. The van der Waals surface area contributed by atoms with Crippen LogP contribution in [0.1, 0.15) is 19.3 Å². The minimum absolute atomic E-state index is 0.353. The van der Waals surface area contributed by atoms with Crippen molar-refractivity contribution in [3.8, 4) is 0 Å². The van der Waals surface area contributed by atoms with Crippen molar-refractivity contribution in [2.75, 3.05) is 18.2 Å². The highest BCUT2D eigenvalue weighted by atomic mass is 35.5. The number of hydrogen-bond donors (Lipinski definition) is 2. The second-order valence-corrected chi connectivity index (χ2v) is 4.54. The Morgan fingerprint density at radius 2 is 2.38 bits per heavy atom. The summed E-state index contributed by atoms with van der Waals surface area (Å²) < 4.78 is 5.32. The number of nitrogens with zero attached hydrogens (tertiary/aromatic N) is 1. The van der Waals surface area contributed by atoms with E-state index in [0.717, 1.165) is 19.3 Å². The van der Waals surface area contributed by atoms with Gasteiger partial charge in [-0.05, 0) is 25.3 Å². The molecule has 1 fully saturated rings. The lowest BCUT2D eigenvalue weighted by molar-refractivity contribution is 0.108. The second kappa shape index (κ2) is 4.89. The summed E-state index contributed by atoms with van der Waals surface area (Å²) in [6, 6.07) is 2.10. The number of ether oxygens (including phenoxy) is 1. The van der Waals surface area contributed by atoms with Crippen molar-refractivity contribution in [1.29, 1.82) is 0 Å². The van der Waals surface area contributed by atoms with Crippen molar-refractivity contribution in [2.45, 2.75) is 31.4 Å². The van der Waals surface area contributed by atoms with E-state index in [1.807, 2.05) is 0 Å². The molecule has 0 aromatic carbocycles. The quantitative estimate of drug-likeness (QED) is 0.853. The van der Waals surface area contributed by atoms with Gasteiger partial charge in [0.25, 0.3) is 0 Å². The summed E-state index contributed by atoms with van der Waals surface area (Å²) >= 11 is 5.79. The zero-order chi connectivity index (χ0) is 11.5. The first-order valence-corrected chi connectivity index (χ1v) is 5.77. The van der Waals surface area contributed by atoms with Crippen LogP contribution in [0.25, 0.3) is 0 Å². The molecular formula is C11H16ClN3O. The third-order valence-electron chi connectivity index (χ3n) is 2.94. The number of pyridine rings is 1. The van der Waals surface area contributed by atoms with Gasteiger partial charge in [-0.3, -0.25) is 0 Å². The average Bonchev–Trinajstić information content (AvgIpc) is 2.70. The number of hydrogen-bond acceptors (Lipinski definition) is 4. The fraction of sp³-hybridized carbons (Fsp3) is 0.545. The molecule has 1 aliphatic rings. The van der Waals surface area contributed by atoms with Gasteiger partial charge >= 0.3 is 0 Å². The van der Waals surface area contributed by atoms with Crippen LogP contribution < -0.4 is 11.1 Å². The van der Waals surface area contributed by atoms with E-state index in [4.69, 9.17) is 22.1 Å². The largest absolute Gasteiger partial charge is 0.396 e. The summed E-state index contributed by atoms with van der Waals surface area (Å²) in [7, 11) is 1.75. The Morgan fingerprint density at radius 3 is 3.00 bits per heavy atom. The van der Waals surface area contributed by atoms with E-state index in [-0.39, 0.29) is 0 Å². The molecule has 3 N–H and O–H groups in total. The van der Waals surface area contributed by atoms with Gasteiger partial charge in [0.15, 0.2) is 0 Å². The van der Waals surface area contributed by atoms with Crippen LogP contribution >= 0.6 is 11.6 Å². The van der Waals surface area contributed by atoms with E-state index >= 15 is 0 Å². The highest BCUT2D eigenvalue weighted by Gasteiger charge is 2.24. The lowest BCUT2D eigenvalue weighted by atomic mass is 10.2. The molecule has 16 heavy (non-hydrogen) atoms. The predicted molar refractivity (Wildman–Crippen MR) is 65.7 cm³/mol. The van der Waals surface area contributed by atoms with Crippen LogP contribution in [-0.4, -0.2) is 24.2 Å². The molecular weight excluding hydrogens is 226 g/mol. The van der Waals surface area contributed by atoms with Gasteiger partial charge in [-0.15, -0.1) is 0 Å². The number of nitrogens with two attached hydrogens (primary N) is 1. The maximum absolute atomic E-state index is 5.83. The monoisotopic (exact) mass is 241 g/mol. The lowest BCUT2D eigenvalue weighted by Crippen LogP contribution is -2.18. The molecule has 0 radical (unpaired) electrons. The lowest BCUT2D eigenvalue weighted by Gasteiger charge is -2.15. The van der Waals surface area contributed by atoms with Crippen LogP contribution in [0.3, 0.4) is 0 Å². The minimum Gasteiger partial charge on any atom is -0.396 e. The molecule has 0 saturated heterocycles. The van der Waals surface area contributed by atoms with Crippen molar-refractivity contribution in [3.63, 3.8) is 0 Å². The van der Waals surface area contributed by atoms with Crippen LogP contribution in [0.15, 0.2) is 12.3 Å². The molecule has 5 heteroatoms. The highest BCUT2D eigenvalue weighted by molar-refractivity contribution is 6.30. The molecule has 88 valence electrons. The molecule has 1 aromatic heterocycles. The van der Waals surface area contributed by atoms with Crippen molar-refractivity contribution < 1.29 is 4.74 Å². The standard InChI is InChI=1S/C11H16ClN3O/c1-16-9-3-2-8(5-9)15-11-10(13)4-7(12)6-14-11/h4,6,8-9H,2-3,5,13H2,1H3,(H,14,15). The third-order valence-corrected chi connectivity index (χ3v) is 3.15. The predicted octanol–water partition coefficient (Wildman–Crippen LogP) is 2.30. The molecule has 1 heterocycles. The normalized spacial score (nSPS) is 24.6. The molecule has 2 rings (SSSR count). The molecule has 0 aliphatic heterocycles. The Hall–Kier alpha value is -1.00. The van der Waals surface area contributed by atoms with Crippen LogP contribution in [0.2, 0.25) is 5.02 Å². The maximum atomic E-state index is 5.83. The van der Waals surface area contributed by atoms with Crippen molar-refractivity contribution >= 4 is 23.1 Å². The van der Waals surface area contributed by atoms with E-state index in [0.29, 0.717) is 28.7 Å². The zero-order valence-electron chi connectivity index (χ0n) is 9.24. The molecule has 1 saturated carbocycles. The fourth-order valence-electron chi connectivity index (χ4n) is 2.05.